The molecule has 0 spiro atoms. The van der Waals surface area contributed by atoms with Crippen LogP contribution in [-0.4, -0.2) is 36.1 Å². The number of hydrogen-bond donors (Lipinski definition) is 2. The Morgan fingerprint density at radius 3 is 2.46 bits per heavy atom. The predicted octanol–water partition coefficient (Wildman–Crippen LogP) is 1.18. The van der Waals surface area contributed by atoms with Crippen molar-refractivity contribution in [3.8, 4) is 0 Å². The molecule has 0 heterocycles. The van der Waals surface area contributed by atoms with Crippen LogP contribution in [0.5, 0.6) is 0 Å². The molecule has 0 amide bonds. The van der Waals surface area contributed by atoms with E-state index in [0.29, 0.717) is 13.2 Å². The van der Waals surface area contributed by atoms with Crippen LogP contribution in [0.4, 0.5) is 0 Å². The van der Waals surface area contributed by atoms with Crippen molar-refractivity contribution in [3.05, 3.63) is 0 Å². The fourth-order valence-corrected chi connectivity index (χ4v) is 1.40. The summed E-state index contributed by atoms with van der Waals surface area (Å²) >= 11 is 0. The van der Waals surface area contributed by atoms with Gasteiger partial charge in [-0.05, 0) is 25.7 Å². The maximum atomic E-state index is 9.66. The van der Waals surface area contributed by atoms with Gasteiger partial charge in [0, 0.05) is 13.2 Å². The molecule has 0 saturated heterocycles. The zero-order chi connectivity index (χ0) is 10.1. The molecule has 0 radical (unpaired) electrons. The molecule has 0 aromatic carbocycles. The Balaban J connectivity index is 3.63. The molecular formula is C10H22O3. The van der Waals surface area contributed by atoms with Crippen molar-refractivity contribution >= 4 is 0 Å². The Morgan fingerprint density at radius 1 is 1.31 bits per heavy atom. The maximum Gasteiger partial charge on any atom is 0.0801 e. The normalized spacial score (nSPS) is 15.7. The third-order valence-electron chi connectivity index (χ3n) is 2.29. The minimum absolute atomic E-state index is 0.206. The lowest BCUT2D eigenvalue weighted by Gasteiger charge is -2.20. The number of aliphatic hydroxyl groups is 2. The van der Waals surface area contributed by atoms with Crippen LogP contribution in [0.2, 0.25) is 0 Å². The van der Waals surface area contributed by atoms with Gasteiger partial charge < -0.3 is 14.9 Å². The fraction of sp³-hybridized carbons (Fsp3) is 1.00. The van der Waals surface area contributed by atoms with Gasteiger partial charge in [0.2, 0.25) is 0 Å². The average molecular weight is 190 g/mol. The van der Waals surface area contributed by atoms with Crippen LogP contribution >= 0.6 is 0 Å². The molecule has 0 bridgehead atoms. The standard InChI is InChI=1S/C10H22O3/c1-3-9(6-5-7-11)10(12)8-13-4-2/h9-12H,3-8H2,1-2H3. The van der Waals surface area contributed by atoms with Crippen molar-refractivity contribution in [3.63, 3.8) is 0 Å². The summed E-state index contributed by atoms with van der Waals surface area (Å²) in [7, 11) is 0. The zero-order valence-electron chi connectivity index (χ0n) is 8.70. The molecule has 0 aliphatic carbocycles. The highest BCUT2D eigenvalue weighted by atomic mass is 16.5. The van der Waals surface area contributed by atoms with Gasteiger partial charge in [0.25, 0.3) is 0 Å². The quantitative estimate of drug-likeness (QED) is 0.604. The molecule has 0 aliphatic rings. The van der Waals surface area contributed by atoms with Gasteiger partial charge in [-0.3, -0.25) is 0 Å². The van der Waals surface area contributed by atoms with E-state index in [1.807, 2.05) is 6.92 Å². The SMILES string of the molecule is CCOCC(O)C(CC)CCCO. The second-order valence-electron chi connectivity index (χ2n) is 3.26. The van der Waals surface area contributed by atoms with E-state index in [2.05, 4.69) is 6.92 Å². The third kappa shape index (κ3) is 6.02. The van der Waals surface area contributed by atoms with Gasteiger partial charge in [0.15, 0.2) is 0 Å². The summed E-state index contributed by atoms with van der Waals surface area (Å²) in [6.07, 6.45) is 2.20. The van der Waals surface area contributed by atoms with Crippen molar-refractivity contribution in [1.29, 1.82) is 0 Å². The molecule has 80 valence electrons. The largest absolute Gasteiger partial charge is 0.396 e. The van der Waals surface area contributed by atoms with Gasteiger partial charge in [0.1, 0.15) is 0 Å². The average Bonchev–Trinajstić information content (AvgIpc) is 2.16. The first-order valence-corrected chi connectivity index (χ1v) is 5.12. The molecular weight excluding hydrogens is 168 g/mol. The van der Waals surface area contributed by atoms with Crippen molar-refractivity contribution < 1.29 is 14.9 Å². The van der Waals surface area contributed by atoms with E-state index in [9.17, 15) is 5.11 Å². The maximum absolute atomic E-state index is 9.66. The van der Waals surface area contributed by atoms with Crippen LogP contribution in [0, 0.1) is 5.92 Å². The lowest BCUT2D eigenvalue weighted by molar-refractivity contribution is 0.00407. The van der Waals surface area contributed by atoms with E-state index in [-0.39, 0.29) is 18.6 Å². The monoisotopic (exact) mass is 190 g/mol. The van der Waals surface area contributed by atoms with E-state index in [1.165, 1.54) is 0 Å². The minimum Gasteiger partial charge on any atom is -0.396 e. The molecule has 3 heteroatoms. The number of aliphatic hydroxyl groups excluding tert-OH is 2. The summed E-state index contributed by atoms with van der Waals surface area (Å²) in [6, 6.07) is 0. The first-order chi connectivity index (χ1) is 6.26. The Kier molecular flexibility index (Phi) is 8.40. The zero-order valence-corrected chi connectivity index (χ0v) is 8.70. The van der Waals surface area contributed by atoms with Crippen molar-refractivity contribution in [1.82, 2.24) is 0 Å². The topological polar surface area (TPSA) is 49.7 Å². The molecule has 3 nitrogen and oxygen atoms in total. The molecule has 0 aromatic rings. The van der Waals surface area contributed by atoms with Gasteiger partial charge in [-0.1, -0.05) is 13.3 Å². The second-order valence-corrected chi connectivity index (χ2v) is 3.26. The Hall–Kier alpha value is -0.120. The molecule has 13 heavy (non-hydrogen) atoms. The summed E-state index contributed by atoms with van der Waals surface area (Å²) in [4.78, 5) is 0. The lowest BCUT2D eigenvalue weighted by atomic mass is 9.95. The smallest absolute Gasteiger partial charge is 0.0801 e. The highest BCUT2D eigenvalue weighted by molar-refractivity contribution is 4.67. The number of rotatable bonds is 8. The lowest BCUT2D eigenvalue weighted by Crippen LogP contribution is -2.25. The molecule has 0 aromatic heterocycles. The van der Waals surface area contributed by atoms with Gasteiger partial charge in [-0.2, -0.15) is 0 Å². The van der Waals surface area contributed by atoms with Crippen LogP contribution in [-0.2, 0) is 4.74 Å². The number of ether oxygens (including phenoxy) is 1. The van der Waals surface area contributed by atoms with E-state index >= 15 is 0 Å². The molecule has 0 aliphatic heterocycles. The summed E-state index contributed by atoms with van der Waals surface area (Å²) in [5, 5.41) is 18.3. The van der Waals surface area contributed by atoms with Crippen molar-refractivity contribution in [2.75, 3.05) is 19.8 Å². The highest BCUT2D eigenvalue weighted by Crippen LogP contribution is 2.15. The molecule has 2 atom stereocenters. The Morgan fingerprint density at radius 2 is 2.00 bits per heavy atom. The Labute approximate surface area is 80.7 Å². The molecule has 2 unspecified atom stereocenters. The van der Waals surface area contributed by atoms with Gasteiger partial charge in [0.05, 0.1) is 12.7 Å². The first kappa shape index (κ1) is 12.9. The fourth-order valence-electron chi connectivity index (χ4n) is 1.40. The highest BCUT2D eigenvalue weighted by Gasteiger charge is 2.16. The van der Waals surface area contributed by atoms with Crippen LogP contribution in [0.15, 0.2) is 0 Å². The van der Waals surface area contributed by atoms with Crippen molar-refractivity contribution in [2.45, 2.75) is 39.2 Å². The van der Waals surface area contributed by atoms with Crippen molar-refractivity contribution in [2.24, 2.45) is 5.92 Å². The summed E-state index contributed by atoms with van der Waals surface area (Å²) in [5.74, 6) is 0.263. The molecule has 2 N–H and O–H groups in total. The molecule has 0 saturated carbocycles. The van der Waals surface area contributed by atoms with E-state index < -0.39 is 0 Å². The third-order valence-corrected chi connectivity index (χ3v) is 2.29. The summed E-state index contributed by atoms with van der Waals surface area (Å²) in [6.45, 7) is 5.24. The molecule has 0 fully saturated rings. The Bertz CT molecular complexity index is 106. The summed E-state index contributed by atoms with van der Waals surface area (Å²) in [5.41, 5.74) is 0. The first-order valence-electron chi connectivity index (χ1n) is 5.12. The predicted molar refractivity (Wildman–Crippen MR) is 52.6 cm³/mol. The van der Waals surface area contributed by atoms with Crippen LogP contribution in [0.25, 0.3) is 0 Å². The van der Waals surface area contributed by atoms with Gasteiger partial charge in [-0.25, -0.2) is 0 Å². The number of hydrogen-bond acceptors (Lipinski definition) is 3. The van der Waals surface area contributed by atoms with Gasteiger partial charge in [-0.15, -0.1) is 0 Å². The second kappa shape index (κ2) is 8.48. The van der Waals surface area contributed by atoms with Crippen LogP contribution < -0.4 is 0 Å². The van der Waals surface area contributed by atoms with Gasteiger partial charge >= 0.3 is 0 Å². The minimum atomic E-state index is -0.378. The van der Waals surface area contributed by atoms with Crippen LogP contribution in [0.3, 0.4) is 0 Å². The van der Waals surface area contributed by atoms with E-state index in [4.69, 9.17) is 9.84 Å². The van der Waals surface area contributed by atoms with Crippen LogP contribution in [0.1, 0.15) is 33.1 Å². The molecule has 0 rings (SSSR count). The van der Waals surface area contributed by atoms with E-state index in [1.54, 1.807) is 0 Å². The van der Waals surface area contributed by atoms with E-state index in [0.717, 1.165) is 19.3 Å². The summed E-state index contributed by atoms with van der Waals surface area (Å²) < 4.78 is 5.15.